The molecule has 0 fully saturated rings. The minimum Gasteiger partial charge on any atom is -0.493 e. The van der Waals surface area contributed by atoms with E-state index in [0.29, 0.717) is 22.1 Å². The van der Waals surface area contributed by atoms with Crippen LogP contribution in [-0.2, 0) is 6.42 Å². The third-order valence-corrected chi connectivity index (χ3v) is 3.51. The van der Waals surface area contributed by atoms with Crippen LogP contribution in [0, 0.1) is 0 Å². The van der Waals surface area contributed by atoms with Gasteiger partial charge in [-0.1, -0.05) is 30.3 Å². The summed E-state index contributed by atoms with van der Waals surface area (Å²) in [5.41, 5.74) is 1.39. The quantitative estimate of drug-likeness (QED) is 0.759. The van der Waals surface area contributed by atoms with Gasteiger partial charge in [0.05, 0.1) is 16.2 Å². The van der Waals surface area contributed by atoms with Crippen LogP contribution in [0.5, 0.6) is 5.88 Å². The van der Waals surface area contributed by atoms with Crippen molar-refractivity contribution in [3.63, 3.8) is 0 Å². The molecule has 3 rings (SSSR count). The number of aromatic nitrogens is 3. The molecule has 6 heteroatoms. The lowest BCUT2D eigenvalue weighted by molar-refractivity contribution is 0.427. The van der Waals surface area contributed by atoms with Crippen LogP contribution in [0.25, 0.3) is 5.65 Å². The number of nitrogens with zero attached hydrogens (tertiary/aromatic N) is 2. The Bertz CT molecular complexity index is 793. The standard InChI is InChI=1S/C13H10BrN3O2/c14-10-7-15-17-11(10)16-12(18)9(13(17)19)6-8-4-2-1-3-5-8/h1-5,7,19H,6H2,(H,16,18). The maximum atomic E-state index is 12.0. The second-order valence-corrected chi connectivity index (χ2v) is 5.03. The third-order valence-electron chi connectivity index (χ3n) is 2.92. The topological polar surface area (TPSA) is 70.4 Å². The first-order valence-corrected chi connectivity index (χ1v) is 6.47. The molecule has 1 aromatic carbocycles. The van der Waals surface area contributed by atoms with E-state index in [2.05, 4.69) is 26.0 Å². The van der Waals surface area contributed by atoms with Gasteiger partial charge in [0, 0.05) is 6.42 Å². The molecule has 0 aliphatic carbocycles. The van der Waals surface area contributed by atoms with Crippen LogP contribution in [0.4, 0.5) is 0 Å². The zero-order valence-corrected chi connectivity index (χ0v) is 11.4. The first-order valence-electron chi connectivity index (χ1n) is 5.68. The van der Waals surface area contributed by atoms with Gasteiger partial charge in [0.25, 0.3) is 5.56 Å². The van der Waals surface area contributed by atoms with Crippen LogP contribution in [0.2, 0.25) is 0 Å². The van der Waals surface area contributed by atoms with Crippen LogP contribution < -0.4 is 5.56 Å². The van der Waals surface area contributed by atoms with Crippen molar-refractivity contribution in [2.75, 3.05) is 0 Å². The van der Waals surface area contributed by atoms with Gasteiger partial charge in [0.15, 0.2) is 5.65 Å². The van der Waals surface area contributed by atoms with Gasteiger partial charge in [0.1, 0.15) is 0 Å². The van der Waals surface area contributed by atoms with Gasteiger partial charge in [-0.15, -0.1) is 0 Å². The minimum atomic E-state index is -0.310. The van der Waals surface area contributed by atoms with Gasteiger partial charge < -0.3 is 10.1 Å². The second kappa shape index (κ2) is 4.55. The minimum absolute atomic E-state index is 0.131. The Morgan fingerprint density at radius 1 is 1.32 bits per heavy atom. The van der Waals surface area contributed by atoms with Crippen LogP contribution in [-0.4, -0.2) is 19.7 Å². The molecule has 2 N–H and O–H groups in total. The zero-order valence-electron chi connectivity index (χ0n) is 9.80. The molecule has 0 aliphatic rings. The molecule has 0 saturated carbocycles. The van der Waals surface area contributed by atoms with E-state index in [0.717, 1.165) is 5.56 Å². The molecule has 3 aromatic rings. The number of hydrogen-bond acceptors (Lipinski definition) is 3. The summed E-state index contributed by atoms with van der Waals surface area (Å²) >= 11 is 3.26. The highest BCUT2D eigenvalue weighted by molar-refractivity contribution is 9.10. The predicted octanol–water partition coefficient (Wildman–Crippen LogP) is 2.08. The fourth-order valence-corrected chi connectivity index (χ4v) is 2.33. The Morgan fingerprint density at radius 2 is 2.05 bits per heavy atom. The highest BCUT2D eigenvalue weighted by Gasteiger charge is 2.14. The van der Waals surface area contributed by atoms with E-state index in [4.69, 9.17) is 0 Å². The molecular weight excluding hydrogens is 310 g/mol. The summed E-state index contributed by atoms with van der Waals surface area (Å²) in [5.74, 6) is -0.131. The number of rotatable bonds is 2. The molecule has 19 heavy (non-hydrogen) atoms. The van der Waals surface area contributed by atoms with Gasteiger partial charge in [-0.25, -0.2) is 0 Å². The molecule has 2 heterocycles. The van der Waals surface area contributed by atoms with Crippen LogP contribution in [0.15, 0.2) is 45.8 Å². The van der Waals surface area contributed by atoms with Gasteiger partial charge >= 0.3 is 0 Å². The first kappa shape index (κ1) is 12.0. The Kier molecular flexibility index (Phi) is 2.87. The van der Waals surface area contributed by atoms with E-state index in [1.54, 1.807) is 0 Å². The summed E-state index contributed by atoms with van der Waals surface area (Å²) in [6, 6.07) is 9.50. The average Bonchev–Trinajstić information content (AvgIpc) is 2.78. The van der Waals surface area contributed by atoms with E-state index >= 15 is 0 Å². The summed E-state index contributed by atoms with van der Waals surface area (Å²) in [7, 11) is 0. The number of halogens is 1. The summed E-state index contributed by atoms with van der Waals surface area (Å²) in [6.45, 7) is 0. The normalized spacial score (nSPS) is 11.0. The molecule has 96 valence electrons. The highest BCUT2D eigenvalue weighted by Crippen LogP contribution is 2.21. The van der Waals surface area contributed by atoms with E-state index in [9.17, 15) is 9.90 Å². The summed E-state index contributed by atoms with van der Waals surface area (Å²) < 4.78 is 1.94. The largest absolute Gasteiger partial charge is 0.493 e. The summed E-state index contributed by atoms with van der Waals surface area (Å²) in [5, 5.41) is 14.2. The molecule has 0 radical (unpaired) electrons. The summed E-state index contributed by atoms with van der Waals surface area (Å²) in [4.78, 5) is 14.7. The average molecular weight is 320 g/mol. The van der Waals surface area contributed by atoms with Crippen molar-refractivity contribution in [3.8, 4) is 5.88 Å². The van der Waals surface area contributed by atoms with Gasteiger partial charge in [0.2, 0.25) is 5.88 Å². The number of aromatic hydroxyl groups is 1. The van der Waals surface area contributed by atoms with E-state index in [1.807, 2.05) is 30.3 Å². The van der Waals surface area contributed by atoms with E-state index in [-0.39, 0.29) is 11.4 Å². The monoisotopic (exact) mass is 319 g/mol. The molecule has 0 atom stereocenters. The SMILES string of the molecule is O=c1[nH]c2c(Br)cnn2c(O)c1Cc1ccccc1. The van der Waals surface area contributed by atoms with Crippen molar-refractivity contribution < 1.29 is 5.11 Å². The Morgan fingerprint density at radius 3 is 2.79 bits per heavy atom. The number of nitrogens with one attached hydrogen (secondary N) is 1. The smallest absolute Gasteiger partial charge is 0.258 e. The second-order valence-electron chi connectivity index (χ2n) is 4.17. The Balaban J connectivity index is 2.16. The Labute approximate surface area is 116 Å². The molecule has 0 saturated heterocycles. The Hall–Kier alpha value is -2.08. The van der Waals surface area contributed by atoms with Crippen LogP contribution >= 0.6 is 15.9 Å². The lowest BCUT2D eigenvalue weighted by Gasteiger charge is -2.05. The van der Waals surface area contributed by atoms with Crippen molar-refractivity contribution >= 4 is 21.6 Å². The van der Waals surface area contributed by atoms with Crippen molar-refractivity contribution in [1.82, 2.24) is 14.6 Å². The molecular formula is C13H10BrN3O2. The van der Waals surface area contributed by atoms with Crippen molar-refractivity contribution in [2.45, 2.75) is 6.42 Å². The fraction of sp³-hybridized carbons (Fsp3) is 0.0769. The highest BCUT2D eigenvalue weighted by atomic mass is 79.9. The van der Waals surface area contributed by atoms with Crippen LogP contribution in [0.3, 0.4) is 0 Å². The molecule has 5 nitrogen and oxygen atoms in total. The number of benzene rings is 1. The van der Waals surface area contributed by atoms with E-state index in [1.165, 1.54) is 10.7 Å². The van der Waals surface area contributed by atoms with Gasteiger partial charge in [-0.3, -0.25) is 4.79 Å². The van der Waals surface area contributed by atoms with Crippen molar-refractivity contribution in [2.24, 2.45) is 0 Å². The molecule has 0 bridgehead atoms. The van der Waals surface area contributed by atoms with E-state index < -0.39 is 0 Å². The van der Waals surface area contributed by atoms with Crippen molar-refractivity contribution in [3.05, 3.63) is 62.5 Å². The molecule has 0 amide bonds. The molecule has 2 aromatic heterocycles. The number of aromatic amines is 1. The lowest BCUT2D eigenvalue weighted by Crippen LogP contribution is -2.16. The first-order chi connectivity index (χ1) is 9.16. The summed E-state index contributed by atoms with van der Waals surface area (Å²) in [6.07, 6.45) is 1.88. The van der Waals surface area contributed by atoms with Crippen LogP contribution in [0.1, 0.15) is 11.1 Å². The molecule has 0 unspecified atom stereocenters. The third kappa shape index (κ3) is 2.04. The number of fused-ring (bicyclic) bond motifs is 1. The molecule has 0 aliphatic heterocycles. The maximum absolute atomic E-state index is 12.0. The predicted molar refractivity (Wildman–Crippen MR) is 74.4 cm³/mol. The lowest BCUT2D eigenvalue weighted by atomic mass is 10.1. The number of H-pyrrole nitrogens is 1. The zero-order chi connectivity index (χ0) is 13.4. The number of hydrogen-bond donors (Lipinski definition) is 2. The van der Waals surface area contributed by atoms with Crippen molar-refractivity contribution in [1.29, 1.82) is 0 Å². The van der Waals surface area contributed by atoms with Gasteiger partial charge in [-0.2, -0.15) is 9.61 Å². The molecule has 0 spiro atoms. The maximum Gasteiger partial charge on any atom is 0.258 e. The van der Waals surface area contributed by atoms with Gasteiger partial charge in [-0.05, 0) is 21.5 Å². The fourth-order valence-electron chi connectivity index (χ4n) is 1.97.